The molecule has 4 heteroatoms. The molecule has 0 bridgehead atoms. The van der Waals surface area contributed by atoms with Gasteiger partial charge in [-0.05, 0) is 46.2 Å². The summed E-state index contributed by atoms with van der Waals surface area (Å²) in [4.78, 5) is 8.61. The van der Waals surface area contributed by atoms with Crippen molar-refractivity contribution in [2.75, 3.05) is 5.43 Å². The van der Waals surface area contributed by atoms with E-state index in [1.54, 1.807) is 0 Å². The maximum Gasteiger partial charge on any atom is 0.243 e. The third-order valence-corrected chi connectivity index (χ3v) is 3.08. The molecule has 104 valence electrons. The predicted octanol–water partition coefficient (Wildman–Crippen LogP) is 3.55. The standard InChI is InChI=1S/C16H20N4/c1-10-6-7-15(11(2)8-10)14(5)19-20-16-17-12(3)9-13(4)18-16/h6-9H,1-5H3,(H,17,18,20)/b19-14-. The van der Waals surface area contributed by atoms with Crippen molar-refractivity contribution in [1.82, 2.24) is 9.97 Å². The van der Waals surface area contributed by atoms with Crippen molar-refractivity contribution in [2.24, 2.45) is 5.10 Å². The fourth-order valence-corrected chi connectivity index (χ4v) is 2.19. The zero-order chi connectivity index (χ0) is 14.7. The highest BCUT2D eigenvalue weighted by atomic mass is 15.4. The maximum atomic E-state index is 4.38. The number of nitrogens with one attached hydrogen (secondary N) is 1. The first-order valence-corrected chi connectivity index (χ1v) is 6.66. The van der Waals surface area contributed by atoms with E-state index in [0.717, 1.165) is 22.7 Å². The number of hydrogen-bond acceptors (Lipinski definition) is 4. The van der Waals surface area contributed by atoms with Crippen LogP contribution in [-0.4, -0.2) is 15.7 Å². The Bertz CT molecular complexity index is 639. The van der Waals surface area contributed by atoms with Gasteiger partial charge in [-0.3, -0.25) is 0 Å². The minimum absolute atomic E-state index is 0.534. The number of benzene rings is 1. The van der Waals surface area contributed by atoms with Crippen molar-refractivity contribution in [1.29, 1.82) is 0 Å². The Morgan fingerprint density at radius 1 is 1.00 bits per heavy atom. The zero-order valence-corrected chi connectivity index (χ0v) is 12.7. The molecule has 2 aromatic rings. The van der Waals surface area contributed by atoms with Crippen molar-refractivity contribution in [3.8, 4) is 0 Å². The predicted molar refractivity (Wildman–Crippen MR) is 83.3 cm³/mol. The van der Waals surface area contributed by atoms with Crippen LogP contribution in [0.2, 0.25) is 0 Å². The molecule has 4 nitrogen and oxygen atoms in total. The topological polar surface area (TPSA) is 50.2 Å². The van der Waals surface area contributed by atoms with Crippen LogP contribution in [0.3, 0.4) is 0 Å². The van der Waals surface area contributed by atoms with E-state index < -0.39 is 0 Å². The summed E-state index contributed by atoms with van der Waals surface area (Å²) in [6.07, 6.45) is 0. The number of hydrazone groups is 1. The lowest BCUT2D eigenvalue weighted by Gasteiger charge is -2.07. The highest BCUT2D eigenvalue weighted by molar-refractivity contribution is 6.00. The van der Waals surface area contributed by atoms with Crippen LogP contribution in [0.4, 0.5) is 5.95 Å². The second-order valence-electron chi connectivity index (χ2n) is 5.10. The SMILES string of the molecule is C/C(=N/Nc1nc(C)cc(C)n1)c1ccc(C)cc1C. The van der Waals surface area contributed by atoms with E-state index in [2.05, 4.69) is 52.5 Å². The van der Waals surface area contributed by atoms with Gasteiger partial charge in [0.1, 0.15) is 0 Å². The summed E-state index contributed by atoms with van der Waals surface area (Å²) in [7, 11) is 0. The number of aryl methyl sites for hydroxylation is 4. The van der Waals surface area contributed by atoms with Gasteiger partial charge in [0.05, 0.1) is 5.71 Å². The molecule has 0 saturated heterocycles. The third kappa shape index (κ3) is 3.41. The van der Waals surface area contributed by atoms with Crippen LogP contribution in [0.5, 0.6) is 0 Å². The highest BCUT2D eigenvalue weighted by Crippen LogP contribution is 2.12. The molecule has 1 aromatic heterocycles. The lowest BCUT2D eigenvalue weighted by Crippen LogP contribution is -2.05. The van der Waals surface area contributed by atoms with Crippen LogP contribution >= 0.6 is 0 Å². The lowest BCUT2D eigenvalue weighted by atomic mass is 10.0. The molecule has 2 rings (SSSR count). The van der Waals surface area contributed by atoms with Gasteiger partial charge in [-0.25, -0.2) is 15.4 Å². The second-order valence-corrected chi connectivity index (χ2v) is 5.10. The maximum absolute atomic E-state index is 4.38. The molecule has 0 atom stereocenters. The fraction of sp³-hybridized carbons (Fsp3) is 0.312. The van der Waals surface area contributed by atoms with Gasteiger partial charge < -0.3 is 0 Å². The van der Waals surface area contributed by atoms with Gasteiger partial charge in [-0.1, -0.05) is 23.8 Å². The Labute approximate surface area is 120 Å². The number of hydrogen-bond donors (Lipinski definition) is 1. The van der Waals surface area contributed by atoms with Crippen LogP contribution in [0.25, 0.3) is 0 Å². The first-order chi connectivity index (χ1) is 9.45. The molecule has 0 amide bonds. The average molecular weight is 268 g/mol. The second kappa shape index (κ2) is 5.82. The van der Waals surface area contributed by atoms with E-state index >= 15 is 0 Å². The van der Waals surface area contributed by atoms with Gasteiger partial charge in [0, 0.05) is 17.0 Å². The van der Waals surface area contributed by atoms with Crippen LogP contribution < -0.4 is 5.43 Å². The quantitative estimate of drug-likeness (QED) is 0.684. The third-order valence-electron chi connectivity index (χ3n) is 3.08. The van der Waals surface area contributed by atoms with E-state index in [9.17, 15) is 0 Å². The summed E-state index contributed by atoms with van der Waals surface area (Å²) in [5, 5.41) is 4.38. The summed E-state index contributed by atoms with van der Waals surface area (Å²) >= 11 is 0. The summed E-state index contributed by atoms with van der Waals surface area (Å²) < 4.78 is 0. The van der Waals surface area contributed by atoms with E-state index in [0.29, 0.717) is 5.95 Å². The average Bonchev–Trinajstić information content (AvgIpc) is 2.35. The molecule has 0 fully saturated rings. The fourth-order valence-electron chi connectivity index (χ4n) is 2.19. The Morgan fingerprint density at radius 3 is 2.25 bits per heavy atom. The minimum atomic E-state index is 0.534. The molecule has 1 N–H and O–H groups in total. The monoisotopic (exact) mass is 268 g/mol. The number of anilines is 1. The number of aromatic nitrogens is 2. The van der Waals surface area contributed by atoms with E-state index in [1.807, 2.05) is 26.8 Å². The van der Waals surface area contributed by atoms with Gasteiger partial charge in [-0.2, -0.15) is 5.10 Å². The van der Waals surface area contributed by atoms with Gasteiger partial charge in [0.2, 0.25) is 5.95 Å². The Kier molecular flexibility index (Phi) is 4.13. The molecule has 0 aliphatic rings. The molecule has 20 heavy (non-hydrogen) atoms. The minimum Gasteiger partial charge on any atom is -0.245 e. The van der Waals surface area contributed by atoms with Crippen LogP contribution in [0.1, 0.15) is 35.0 Å². The molecule has 0 spiro atoms. The zero-order valence-electron chi connectivity index (χ0n) is 12.7. The molecule has 0 saturated carbocycles. The van der Waals surface area contributed by atoms with Crippen LogP contribution in [0.15, 0.2) is 29.4 Å². The molecule has 0 radical (unpaired) electrons. The molecular formula is C16H20N4. The molecule has 1 aromatic carbocycles. The van der Waals surface area contributed by atoms with Gasteiger partial charge in [0.15, 0.2) is 0 Å². The van der Waals surface area contributed by atoms with Crippen molar-refractivity contribution in [3.05, 3.63) is 52.3 Å². The van der Waals surface area contributed by atoms with Crippen molar-refractivity contribution < 1.29 is 0 Å². The first-order valence-electron chi connectivity index (χ1n) is 6.66. The summed E-state index contributed by atoms with van der Waals surface area (Å²) in [6.45, 7) is 10.0. The van der Waals surface area contributed by atoms with Crippen molar-refractivity contribution >= 4 is 11.7 Å². The normalized spacial score (nSPS) is 11.6. The Hall–Kier alpha value is -2.23. The summed E-state index contributed by atoms with van der Waals surface area (Å²) in [6, 6.07) is 8.27. The van der Waals surface area contributed by atoms with Gasteiger partial charge >= 0.3 is 0 Å². The molecule has 0 aliphatic heterocycles. The van der Waals surface area contributed by atoms with Gasteiger partial charge in [-0.15, -0.1) is 0 Å². The van der Waals surface area contributed by atoms with E-state index in [4.69, 9.17) is 0 Å². The Balaban J connectivity index is 2.22. The number of rotatable bonds is 3. The largest absolute Gasteiger partial charge is 0.245 e. The number of nitrogens with zero attached hydrogens (tertiary/aromatic N) is 3. The van der Waals surface area contributed by atoms with E-state index in [1.165, 1.54) is 11.1 Å². The van der Waals surface area contributed by atoms with Crippen molar-refractivity contribution in [2.45, 2.75) is 34.6 Å². The summed E-state index contributed by atoms with van der Waals surface area (Å²) in [5.74, 6) is 0.534. The summed E-state index contributed by atoms with van der Waals surface area (Å²) in [5.41, 5.74) is 9.32. The molecule has 1 heterocycles. The van der Waals surface area contributed by atoms with Crippen molar-refractivity contribution in [3.63, 3.8) is 0 Å². The molecule has 0 unspecified atom stereocenters. The smallest absolute Gasteiger partial charge is 0.243 e. The highest BCUT2D eigenvalue weighted by Gasteiger charge is 2.03. The van der Waals surface area contributed by atoms with Gasteiger partial charge in [0.25, 0.3) is 0 Å². The van der Waals surface area contributed by atoms with Crippen LogP contribution in [-0.2, 0) is 0 Å². The van der Waals surface area contributed by atoms with E-state index in [-0.39, 0.29) is 0 Å². The van der Waals surface area contributed by atoms with Crippen LogP contribution in [0, 0.1) is 27.7 Å². The molecular weight excluding hydrogens is 248 g/mol. The Morgan fingerprint density at radius 2 is 1.65 bits per heavy atom. The molecule has 0 aliphatic carbocycles. The first kappa shape index (κ1) is 14.2. The lowest BCUT2D eigenvalue weighted by molar-refractivity contribution is 1.03.